The molecule has 1 aromatic rings. The first-order valence-electron chi connectivity index (χ1n) is 9.76. The van der Waals surface area contributed by atoms with Gasteiger partial charge in [0, 0.05) is 18.4 Å². The van der Waals surface area contributed by atoms with Gasteiger partial charge in [-0.2, -0.15) is 0 Å². The maximum atomic E-state index is 11.4. The van der Waals surface area contributed by atoms with Crippen LogP contribution in [0.5, 0.6) is 5.75 Å². The number of ether oxygens (including phenoxy) is 3. The van der Waals surface area contributed by atoms with E-state index in [1.54, 1.807) is 12.1 Å². The first-order chi connectivity index (χ1) is 14.4. The van der Waals surface area contributed by atoms with Crippen molar-refractivity contribution in [1.82, 2.24) is 5.32 Å². The highest BCUT2D eigenvalue weighted by Gasteiger charge is 2.27. The van der Waals surface area contributed by atoms with Gasteiger partial charge < -0.3 is 30.4 Å². The molecule has 0 aliphatic heterocycles. The lowest BCUT2D eigenvalue weighted by Crippen LogP contribution is -2.37. The topological polar surface area (TPSA) is 154 Å². The predicted molar refractivity (Wildman–Crippen MR) is 113 cm³/mol. The number of para-hydroxylation sites is 1. The first-order valence-corrected chi connectivity index (χ1v) is 9.76. The standard InChI is InChI=1S/C12H24N2O4.C9H8O4/c1-5-6-12(4,7-17-10(13)15)8-18-11(16)14-9(2)3;1-6(10)13-8-5-3-2-4-7(8)9(11)12/h9H,5-8H2,1-4H3,(H2,13,15)(H,14,16);2-5H,1H3,(H,11,12). The molecular weight excluding hydrogens is 408 g/mol. The Labute approximate surface area is 182 Å². The van der Waals surface area contributed by atoms with Crippen LogP contribution in [-0.4, -0.2) is 48.5 Å². The van der Waals surface area contributed by atoms with Gasteiger partial charge in [-0.05, 0) is 32.4 Å². The number of hydrogen-bond donors (Lipinski definition) is 3. The number of aromatic carboxylic acids is 1. The largest absolute Gasteiger partial charge is 0.478 e. The normalized spacial score (nSPS) is 11.9. The van der Waals surface area contributed by atoms with E-state index in [1.165, 1.54) is 19.1 Å². The van der Waals surface area contributed by atoms with E-state index in [0.29, 0.717) is 0 Å². The number of carboxylic acids is 1. The number of amides is 2. The Hall–Kier alpha value is -3.30. The SMILES string of the molecule is CC(=O)Oc1ccccc1C(=O)O.CCCC(C)(COC(N)=O)COC(=O)NC(C)C. The fraction of sp³-hybridized carbons (Fsp3) is 0.524. The fourth-order valence-electron chi connectivity index (χ4n) is 2.44. The minimum atomic E-state index is -1.11. The summed E-state index contributed by atoms with van der Waals surface area (Å²) in [6.07, 6.45) is 0.388. The van der Waals surface area contributed by atoms with Gasteiger partial charge >= 0.3 is 24.1 Å². The van der Waals surface area contributed by atoms with Crippen molar-refractivity contribution in [3.05, 3.63) is 29.8 Å². The van der Waals surface area contributed by atoms with Crippen LogP contribution in [0, 0.1) is 5.41 Å². The Morgan fingerprint density at radius 3 is 2.19 bits per heavy atom. The summed E-state index contributed by atoms with van der Waals surface area (Å²) in [6, 6.07) is 6.00. The third-order valence-corrected chi connectivity index (χ3v) is 3.75. The molecule has 0 fully saturated rings. The molecule has 10 nitrogen and oxygen atoms in total. The van der Waals surface area contributed by atoms with Crippen LogP contribution < -0.4 is 15.8 Å². The molecule has 0 radical (unpaired) electrons. The van der Waals surface area contributed by atoms with Crippen molar-refractivity contribution in [3.8, 4) is 5.75 Å². The van der Waals surface area contributed by atoms with Gasteiger partial charge in [0.1, 0.15) is 24.5 Å². The Morgan fingerprint density at radius 2 is 1.71 bits per heavy atom. The van der Waals surface area contributed by atoms with Gasteiger partial charge in [-0.15, -0.1) is 0 Å². The van der Waals surface area contributed by atoms with Gasteiger partial charge in [-0.3, -0.25) is 4.79 Å². The van der Waals surface area contributed by atoms with E-state index in [0.717, 1.165) is 12.8 Å². The van der Waals surface area contributed by atoms with Crippen molar-refractivity contribution in [2.45, 2.75) is 53.5 Å². The minimum absolute atomic E-state index is 0.0160. The minimum Gasteiger partial charge on any atom is -0.478 e. The third-order valence-electron chi connectivity index (χ3n) is 3.75. The lowest BCUT2D eigenvalue weighted by atomic mass is 9.87. The summed E-state index contributed by atoms with van der Waals surface area (Å²) in [7, 11) is 0. The second kappa shape index (κ2) is 13.8. The highest BCUT2D eigenvalue weighted by Crippen LogP contribution is 2.24. The molecular formula is C21H32N2O8. The second-order valence-corrected chi connectivity index (χ2v) is 7.44. The van der Waals surface area contributed by atoms with Crippen LogP contribution in [0.25, 0.3) is 0 Å². The van der Waals surface area contributed by atoms with E-state index >= 15 is 0 Å². The Kier molecular flexibility index (Phi) is 12.4. The Morgan fingerprint density at radius 1 is 1.13 bits per heavy atom. The molecule has 0 aliphatic carbocycles. The fourth-order valence-corrected chi connectivity index (χ4v) is 2.44. The molecule has 0 spiro atoms. The van der Waals surface area contributed by atoms with Gasteiger partial charge in [0.2, 0.25) is 0 Å². The monoisotopic (exact) mass is 440 g/mol. The van der Waals surface area contributed by atoms with Crippen molar-refractivity contribution in [3.63, 3.8) is 0 Å². The average Bonchev–Trinajstić information content (AvgIpc) is 2.65. The summed E-state index contributed by atoms with van der Waals surface area (Å²) in [4.78, 5) is 43.2. The second-order valence-electron chi connectivity index (χ2n) is 7.44. The number of primary amides is 1. The molecule has 174 valence electrons. The Balaban J connectivity index is 0.000000609. The van der Waals surface area contributed by atoms with Crippen molar-refractivity contribution >= 4 is 24.1 Å². The van der Waals surface area contributed by atoms with Crippen LogP contribution in [0.4, 0.5) is 9.59 Å². The average molecular weight is 440 g/mol. The van der Waals surface area contributed by atoms with E-state index in [2.05, 4.69) is 10.1 Å². The van der Waals surface area contributed by atoms with Crippen LogP contribution in [0.15, 0.2) is 24.3 Å². The molecule has 0 heterocycles. The summed E-state index contributed by atoms with van der Waals surface area (Å²) in [6.45, 7) is 9.15. The number of nitrogens with one attached hydrogen (secondary N) is 1. The predicted octanol–water partition coefficient (Wildman–Crippen LogP) is 3.33. The first kappa shape index (κ1) is 27.7. The van der Waals surface area contributed by atoms with Gasteiger partial charge in [-0.25, -0.2) is 14.4 Å². The summed E-state index contributed by atoms with van der Waals surface area (Å²) in [5.74, 6) is -1.58. The maximum absolute atomic E-state index is 11.4. The molecule has 10 heteroatoms. The Bertz CT molecular complexity index is 751. The molecule has 4 N–H and O–H groups in total. The van der Waals surface area contributed by atoms with E-state index in [1.807, 2.05) is 27.7 Å². The smallest absolute Gasteiger partial charge is 0.407 e. The number of carbonyl (C=O) groups is 4. The quantitative estimate of drug-likeness (QED) is 0.390. The number of rotatable bonds is 9. The van der Waals surface area contributed by atoms with Crippen molar-refractivity contribution < 1.29 is 38.5 Å². The molecule has 0 aliphatic rings. The lowest BCUT2D eigenvalue weighted by molar-refractivity contribution is -0.131. The molecule has 0 saturated heterocycles. The summed E-state index contributed by atoms with van der Waals surface area (Å²) < 4.78 is 14.6. The van der Waals surface area contributed by atoms with Gasteiger partial charge in [0.15, 0.2) is 0 Å². The molecule has 1 unspecified atom stereocenters. The van der Waals surface area contributed by atoms with E-state index < -0.39 is 29.5 Å². The molecule has 0 saturated carbocycles. The zero-order chi connectivity index (χ0) is 24.0. The number of nitrogens with two attached hydrogens (primary N) is 1. The summed E-state index contributed by atoms with van der Waals surface area (Å²) in [5, 5.41) is 11.3. The van der Waals surface area contributed by atoms with Crippen molar-refractivity contribution in [2.75, 3.05) is 13.2 Å². The van der Waals surface area contributed by atoms with Crippen LogP contribution in [0.2, 0.25) is 0 Å². The number of esters is 1. The summed E-state index contributed by atoms with van der Waals surface area (Å²) in [5.41, 5.74) is 4.52. The molecule has 2 amide bonds. The highest BCUT2D eigenvalue weighted by atomic mass is 16.6. The third kappa shape index (κ3) is 12.8. The zero-order valence-electron chi connectivity index (χ0n) is 18.6. The number of alkyl carbamates (subject to hydrolysis) is 1. The van der Waals surface area contributed by atoms with Crippen LogP contribution >= 0.6 is 0 Å². The molecule has 31 heavy (non-hydrogen) atoms. The molecule has 1 rings (SSSR count). The lowest BCUT2D eigenvalue weighted by Gasteiger charge is -2.27. The van der Waals surface area contributed by atoms with Crippen LogP contribution in [0.1, 0.15) is 57.8 Å². The van der Waals surface area contributed by atoms with Crippen LogP contribution in [0.3, 0.4) is 0 Å². The zero-order valence-corrected chi connectivity index (χ0v) is 18.6. The van der Waals surface area contributed by atoms with Gasteiger partial charge in [-0.1, -0.05) is 32.4 Å². The van der Waals surface area contributed by atoms with E-state index in [4.69, 9.17) is 20.3 Å². The number of carbonyl (C=O) groups excluding carboxylic acids is 3. The summed E-state index contributed by atoms with van der Waals surface area (Å²) >= 11 is 0. The molecule has 0 bridgehead atoms. The number of hydrogen-bond acceptors (Lipinski definition) is 7. The molecule has 0 aromatic heterocycles. The maximum Gasteiger partial charge on any atom is 0.407 e. The number of benzene rings is 1. The molecule has 1 atom stereocenters. The highest BCUT2D eigenvalue weighted by molar-refractivity contribution is 5.91. The van der Waals surface area contributed by atoms with Crippen molar-refractivity contribution in [1.29, 1.82) is 0 Å². The van der Waals surface area contributed by atoms with Gasteiger partial charge in [0.25, 0.3) is 0 Å². The van der Waals surface area contributed by atoms with E-state index in [-0.39, 0.29) is 30.6 Å². The van der Waals surface area contributed by atoms with Crippen molar-refractivity contribution in [2.24, 2.45) is 11.1 Å². The van der Waals surface area contributed by atoms with Crippen LogP contribution in [-0.2, 0) is 14.3 Å². The molecule has 1 aromatic carbocycles. The number of carboxylic acid groups (broad SMARTS) is 1. The van der Waals surface area contributed by atoms with Gasteiger partial charge in [0.05, 0.1) is 0 Å². The van der Waals surface area contributed by atoms with E-state index in [9.17, 15) is 19.2 Å².